The van der Waals surface area contributed by atoms with Crippen LogP contribution in [0.25, 0.3) is 5.69 Å². The monoisotopic (exact) mass is 291 g/mol. The van der Waals surface area contributed by atoms with Gasteiger partial charge < -0.3 is 11.1 Å². The first kappa shape index (κ1) is 15.1. The van der Waals surface area contributed by atoms with E-state index in [1.54, 1.807) is 6.07 Å². The lowest BCUT2D eigenvalue weighted by molar-refractivity contribution is -0.119. The lowest BCUT2D eigenvalue weighted by Crippen LogP contribution is -2.45. The zero-order valence-corrected chi connectivity index (χ0v) is 12.2. The standard InChI is InChI=1S/C14H18FN5O/c1-14(2,3)12(16)13(21)19-9-4-5-11(10(15)6-9)20-8-17-7-18-20/h4-8,12H,16H2,1-3H3,(H,19,21)/t12-/m1/s1. The number of carbonyl (C=O) groups is 1. The van der Waals surface area contributed by atoms with E-state index < -0.39 is 11.9 Å². The molecule has 0 aliphatic carbocycles. The molecule has 0 radical (unpaired) electrons. The number of halogens is 1. The average molecular weight is 291 g/mol. The Morgan fingerprint density at radius 3 is 2.67 bits per heavy atom. The van der Waals surface area contributed by atoms with E-state index in [9.17, 15) is 9.18 Å². The van der Waals surface area contributed by atoms with Crippen LogP contribution in [0.3, 0.4) is 0 Å². The molecule has 2 aromatic rings. The van der Waals surface area contributed by atoms with Gasteiger partial charge in [-0.25, -0.2) is 14.1 Å². The number of nitrogens with zero attached hydrogens (tertiary/aromatic N) is 3. The van der Waals surface area contributed by atoms with Gasteiger partial charge in [0.1, 0.15) is 18.3 Å². The molecule has 0 saturated carbocycles. The number of rotatable bonds is 3. The van der Waals surface area contributed by atoms with Gasteiger partial charge in [0.15, 0.2) is 5.82 Å². The van der Waals surface area contributed by atoms with Gasteiger partial charge in [-0.3, -0.25) is 4.79 Å². The van der Waals surface area contributed by atoms with Crippen LogP contribution in [0.15, 0.2) is 30.9 Å². The van der Waals surface area contributed by atoms with Crippen LogP contribution < -0.4 is 11.1 Å². The maximum atomic E-state index is 14.0. The highest BCUT2D eigenvalue weighted by Gasteiger charge is 2.27. The number of benzene rings is 1. The largest absolute Gasteiger partial charge is 0.325 e. The van der Waals surface area contributed by atoms with Crippen molar-refractivity contribution in [1.29, 1.82) is 0 Å². The zero-order chi connectivity index (χ0) is 15.6. The average Bonchev–Trinajstić information content (AvgIpc) is 2.90. The van der Waals surface area contributed by atoms with Crippen molar-refractivity contribution < 1.29 is 9.18 Å². The molecule has 1 atom stereocenters. The molecule has 7 heteroatoms. The Bertz CT molecular complexity index is 633. The van der Waals surface area contributed by atoms with E-state index in [0.29, 0.717) is 5.69 Å². The van der Waals surface area contributed by atoms with Crippen molar-refractivity contribution in [2.45, 2.75) is 26.8 Å². The zero-order valence-electron chi connectivity index (χ0n) is 12.2. The Labute approximate surface area is 122 Å². The summed E-state index contributed by atoms with van der Waals surface area (Å²) >= 11 is 0. The summed E-state index contributed by atoms with van der Waals surface area (Å²) in [6.07, 6.45) is 2.71. The summed E-state index contributed by atoms with van der Waals surface area (Å²) in [5.41, 5.74) is 6.09. The Kier molecular flexibility index (Phi) is 4.04. The van der Waals surface area contributed by atoms with E-state index in [4.69, 9.17) is 5.73 Å². The van der Waals surface area contributed by atoms with E-state index in [1.165, 1.54) is 29.5 Å². The molecule has 21 heavy (non-hydrogen) atoms. The molecule has 0 spiro atoms. The summed E-state index contributed by atoms with van der Waals surface area (Å²) in [4.78, 5) is 15.8. The molecule has 2 rings (SSSR count). The fraction of sp³-hybridized carbons (Fsp3) is 0.357. The van der Waals surface area contributed by atoms with Crippen LogP contribution in [0.2, 0.25) is 0 Å². The highest BCUT2D eigenvalue weighted by atomic mass is 19.1. The number of amides is 1. The molecule has 0 aliphatic rings. The van der Waals surface area contributed by atoms with Crippen LogP contribution in [0.1, 0.15) is 20.8 Å². The first-order chi connectivity index (χ1) is 9.79. The summed E-state index contributed by atoms with van der Waals surface area (Å²) in [5.74, 6) is -0.863. The van der Waals surface area contributed by atoms with Crippen LogP contribution in [0.4, 0.5) is 10.1 Å². The van der Waals surface area contributed by atoms with Crippen LogP contribution >= 0.6 is 0 Å². The Hall–Kier alpha value is -2.28. The normalized spacial score (nSPS) is 13.0. The van der Waals surface area contributed by atoms with E-state index >= 15 is 0 Å². The van der Waals surface area contributed by atoms with Gasteiger partial charge in [0.25, 0.3) is 0 Å². The Balaban J connectivity index is 2.16. The molecule has 1 amide bonds. The molecule has 0 fully saturated rings. The van der Waals surface area contributed by atoms with Crippen LogP contribution in [-0.2, 0) is 4.79 Å². The van der Waals surface area contributed by atoms with Gasteiger partial charge in [0, 0.05) is 5.69 Å². The first-order valence-corrected chi connectivity index (χ1v) is 6.50. The van der Waals surface area contributed by atoms with E-state index in [2.05, 4.69) is 15.4 Å². The Morgan fingerprint density at radius 1 is 1.43 bits per heavy atom. The second-order valence-corrected chi connectivity index (χ2v) is 5.84. The minimum absolute atomic E-state index is 0.255. The summed E-state index contributed by atoms with van der Waals surface area (Å²) in [6, 6.07) is 3.65. The third kappa shape index (κ3) is 3.43. The fourth-order valence-electron chi connectivity index (χ4n) is 1.72. The van der Waals surface area contributed by atoms with Crippen molar-refractivity contribution in [2.75, 3.05) is 5.32 Å². The van der Waals surface area contributed by atoms with Crippen molar-refractivity contribution in [2.24, 2.45) is 11.1 Å². The van der Waals surface area contributed by atoms with Gasteiger partial charge >= 0.3 is 0 Å². The second kappa shape index (κ2) is 5.61. The first-order valence-electron chi connectivity index (χ1n) is 6.50. The van der Waals surface area contributed by atoms with E-state index in [-0.39, 0.29) is 17.0 Å². The molecule has 0 bridgehead atoms. The fourth-order valence-corrected chi connectivity index (χ4v) is 1.72. The number of anilines is 1. The molecule has 1 aromatic heterocycles. The molecule has 1 heterocycles. The van der Waals surface area contributed by atoms with Gasteiger partial charge in [-0.15, -0.1) is 0 Å². The van der Waals surface area contributed by atoms with Crippen molar-refractivity contribution in [3.05, 3.63) is 36.7 Å². The van der Waals surface area contributed by atoms with Gasteiger partial charge in [-0.05, 0) is 23.6 Å². The molecule has 0 unspecified atom stereocenters. The predicted octanol–water partition coefficient (Wildman–Crippen LogP) is 1.72. The highest BCUT2D eigenvalue weighted by molar-refractivity contribution is 5.95. The van der Waals surface area contributed by atoms with E-state index in [1.807, 2.05) is 20.8 Å². The molecule has 0 aliphatic heterocycles. The summed E-state index contributed by atoms with van der Waals surface area (Å²) < 4.78 is 15.3. The highest BCUT2D eigenvalue weighted by Crippen LogP contribution is 2.21. The minimum Gasteiger partial charge on any atom is -0.325 e. The maximum Gasteiger partial charge on any atom is 0.241 e. The SMILES string of the molecule is CC(C)(C)[C@H](N)C(=O)Nc1ccc(-n2cncn2)c(F)c1. The predicted molar refractivity (Wildman–Crippen MR) is 77.4 cm³/mol. The van der Waals surface area contributed by atoms with Crippen molar-refractivity contribution in [3.8, 4) is 5.69 Å². The molecule has 112 valence electrons. The van der Waals surface area contributed by atoms with Gasteiger partial charge in [0.05, 0.1) is 6.04 Å². The lowest BCUT2D eigenvalue weighted by atomic mass is 9.87. The second-order valence-electron chi connectivity index (χ2n) is 5.84. The third-order valence-electron chi connectivity index (χ3n) is 3.10. The lowest BCUT2D eigenvalue weighted by Gasteiger charge is -2.25. The number of carbonyl (C=O) groups excluding carboxylic acids is 1. The molecule has 1 aromatic carbocycles. The van der Waals surface area contributed by atoms with Crippen molar-refractivity contribution in [1.82, 2.24) is 14.8 Å². The minimum atomic E-state index is -0.685. The Morgan fingerprint density at radius 2 is 2.14 bits per heavy atom. The van der Waals surface area contributed by atoms with Crippen molar-refractivity contribution >= 4 is 11.6 Å². The van der Waals surface area contributed by atoms with Crippen LogP contribution in [-0.4, -0.2) is 26.7 Å². The summed E-state index contributed by atoms with van der Waals surface area (Å²) in [7, 11) is 0. The molecular formula is C14H18FN5O. The molecule has 6 nitrogen and oxygen atoms in total. The van der Waals surface area contributed by atoms with E-state index in [0.717, 1.165) is 0 Å². The van der Waals surface area contributed by atoms with Gasteiger partial charge in [-0.1, -0.05) is 20.8 Å². The molecule has 0 saturated heterocycles. The number of nitrogens with two attached hydrogens (primary N) is 1. The third-order valence-corrected chi connectivity index (χ3v) is 3.10. The number of hydrogen-bond donors (Lipinski definition) is 2. The topological polar surface area (TPSA) is 85.8 Å². The van der Waals surface area contributed by atoms with Gasteiger partial charge in [0.2, 0.25) is 5.91 Å². The van der Waals surface area contributed by atoms with Crippen LogP contribution in [0, 0.1) is 11.2 Å². The quantitative estimate of drug-likeness (QED) is 0.901. The summed E-state index contributed by atoms with van der Waals surface area (Å²) in [6.45, 7) is 5.60. The molecule has 3 N–H and O–H groups in total. The number of hydrogen-bond acceptors (Lipinski definition) is 4. The van der Waals surface area contributed by atoms with Crippen molar-refractivity contribution in [3.63, 3.8) is 0 Å². The number of nitrogens with one attached hydrogen (secondary N) is 1. The van der Waals surface area contributed by atoms with Gasteiger partial charge in [-0.2, -0.15) is 5.10 Å². The molecular weight excluding hydrogens is 273 g/mol. The summed E-state index contributed by atoms with van der Waals surface area (Å²) in [5, 5.41) is 6.47. The van der Waals surface area contributed by atoms with Crippen LogP contribution in [0.5, 0.6) is 0 Å². The maximum absolute atomic E-state index is 14.0. The smallest absolute Gasteiger partial charge is 0.241 e. The number of aromatic nitrogens is 3.